The van der Waals surface area contributed by atoms with E-state index in [4.69, 9.17) is 11.5 Å². The molecule has 1 aromatic rings. The van der Waals surface area contributed by atoms with E-state index in [-0.39, 0.29) is 24.2 Å². The molecule has 0 aliphatic carbocycles. The fraction of sp³-hybridized carbons (Fsp3) is 0.111. The highest BCUT2D eigenvalue weighted by Gasteiger charge is 2.00. The van der Waals surface area contributed by atoms with Gasteiger partial charge in [-0.2, -0.15) is 0 Å². The summed E-state index contributed by atoms with van der Waals surface area (Å²) < 4.78 is 12.5. The monoisotopic (exact) mass is 210 g/mol. The molecule has 5 N–H and O–H groups in total. The Labute approximate surface area is 86.0 Å². The molecule has 1 rings (SSSR count). The van der Waals surface area contributed by atoms with Gasteiger partial charge in [0.05, 0.1) is 0 Å². The number of carbonyl (C=O) groups excluding carboxylic acids is 1. The van der Waals surface area contributed by atoms with Crippen LogP contribution in [0.25, 0.3) is 0 Å². The number of guanidine groups is 1. The second-order valence-electron chi connectivity index (χ2n) is 2.80. The first kappa shape index (κ1) is 11.0. The molecule has 0 saturated carbocycles. The van der Waals surface area contributed by atoms with Crippen molar-refractivity contribution < 1.29 is 9.18 Å². The minimum atomic E-state index is -0.366. The van der Waals surface area contributed by atoms with Crippen LogP contribution in [0.1, 0.15) is 0 Å². The van der Waals surface area contributed by atoms with Crippen LogP contribution in [-0.2, 0) is 4.79 Å². The van der Waals surface area contributed by atoms with Gasteiger partial charge in [0.25, 0.3) is 0 Å². The lowest BCUT2D eigenvalue weighted by molar-refractivity contribution is -0.114. The molecule has 1 aromatic carbocycles. The number of carbonyl (C=O) groups is 1. The molecule has 0 radical (unpaired) electrons. The average Bonchev–Trinajstić information content (AvgIpc) is 2.19. The zero-order valence-electron chi connectivity index (χ0n) is 7.90. The highest BCUT2D eigenvalue weighted by molar-refractivity contribution is 5.93. The first-order valence-electron chi connectivity index (χ1n) is 4.19. The number of amides is 1. The van der Waals surface area contributed by atoms with E-state index < -0.39 is 0 Å². The van der Waals surface area contributed by atoms with Crippen molar-refractivity contribution in [2.75, 3.05) is 11.9 Å². The molecule has 0 aliphatic heterocycles. The van der Waals surface area contributed by atoms with Crippen LogP contribution >= 0.6 is 0 Å². The lowest BCUT2D eigenvalue weighted by atomic mass is 10.3. The summed E-state index contributed by atoms with van der Waals surface area (Å²) in [5, 5.41) is 2.50. The van der Waals surface area contributed by atoms with Crippen LogP contribution < -0.4 is 16.8 Å². The van der Waals surface area contributed by atoms with Crippen LogP contribution in [0.5, 0.6) is 0 Å². The maximum Gasteiger partial charge on any atom is 0.246 e. The molecule has 0 saturated heterocycles. The third-order valence-corrected chi connectivity index (χ3v) is 1.53. The summed E-state index contributed by atoms with van der Waals surface area (Å²) in [5.41, 5.74) is 10.6. The first-order valence-corrected chi connectivity index (χ1v) is 4.19. The van der Waals surface area contributed by atoms with Crippen molar-refractivity contribution in [3.63, 3.8) is 0 Å². The zero-order chi connectivity index (χ0) is 11.3. The highest BCUT2D eigenvalue weighted by Crippen LogP contribution is 2.07. The molecule has 0 atom stereocenters. The molecule has 5 nitrogen and oxygen atoms in total. The van der Waals surface area contributed by atoms with Gasteiger partial charge in [0.15, 0.2) is 5.96 Å². The van der Waals surface area contributed by atoms with E-state index in [0.717, 1.165) is 0 Å². The van der Waals surface area contributed by atoms with Crippen molar-refractivity contribution in [3.8, 4) is 0 Å². The van der Waals surface area contributed by atoms with E-state index in [1.54, 1.807) is 0 Å². The molecule has 6 heteroatoms. The number of anilines is 1. The summed E-state index contributed by atoms with van der Waals surface area (Å²) in [4.78, 5) is 14.7. The Hall–Kier alpha value is -2.11. The van der Waals surface area contributed by atoms with Gasteiger partial charge in [0.2, 0.25) is 5.91 Å². The fourth-order valence-corrected chi connectivity index (χ4v) is 0.897. The van der Waals surface area contributed by atoms with Crippen LogP contribution in [0, 0.1) is 5.82 Å². The van der Waals surface area contributed by atoms with Gasteiger partial charge in [-0.25, -0.2) is 9.38 Å². The molecular formula is C9H11FN4O. The Morgan fingerprint density at radius 2 is 1.93 bits per heavy atom. The predicted octanol–water partition coefficient (Wildman–Crippen LogP) is 0.0376. The molecule has 0 fully saturated rings. The normalized spacial score (nSPS) is 9.40. The third-order valence-electron chi connectivity index (χ3n) is 1.53. The lowest BCUT2D eigenvalue weighted by Gasteiger charge is -2.02. The smallest absolute Gasteiger partial charge is 0.246 e. The quantitative estimate of drug-likeness (QED) is 0.485. The molecule has 0 aromatic heterocycles. The standard InChI is InChI=1S/C9H11FN4O/c10-6-1-3-7(4-2-6)14-8(15)5-13-9(11)12/h1-4H,5H2,(H,14,15)(H4,11,12,13). The van der Waals surface area contributed by atoms with Crippen molar-refractivity contribution in [2.45, 2.75) is 0 Å². The van der Waals surface area contributed by atoms with Crippen LogP contribution in [-0.4, -0.2) is 18.4 Å². The van der Waals surface area contributed by atoms with Gasteiger partial charge < -0.3 is 16.8 Å². The Balaban J connectivity index is 2.51. The van der Waals surface area contributed by atoms with Gasteiger partial charge in [-0.3, -0.25) is 4.79 Å². The Bertz CT molecular complexity index is 370. The van der Waals surface area contributed by atoms with Crippen molar-refractivity contribution in [2.24, 2.45) is 16.5 Å². The number of hydrogen-bond acceptors (Lipinski definition) is 2. The van der Waals surface area contributed by atoms with Gasteiger partial charge >= 0.3 is 0 Å². The van der Waals surface area contributed by atoms with E-state index in [0.29, 0.717) is 5.69 Å². The Morgan fingerprint density at radius 1 is 1.33 bits per heavy atom. The van der Waals surface area contributed by atoms with Crippen molar-refractivity contribution >= 4 is 17.6 Å². The zero-order valence-corrected chi connectivity index (χ0v) is 7.90. The molecule has 1 amide bonds. The summed E-state index contributed by atoms with van der Waals surface area (Å²) in [6, 6.07) is 5.39. The molecule has 80 valence electrons. The number of nitrogens with one attached hydrogen (secondary N) is 1. The van der Waals surface area contributed by atoms with Crippen molar-refractivity contribution in [1.82, 2.24) is 0 Å². The van der Waals surface area contributed by atoms with E-state index in [1.165, 1.54) is 24.3 Å². The molecule has 0 aliphatic rings. The molecule has 15 heavy (non-hydrogen) atoms. The van der Waals surface area contributed by atoms with Crippen molar-refractivity contribution in [3.05, 3.63) is 30.1 Å². The number of benzene rings is 1. The lowest BCUT2D eigenvalue weighted by Crippen LogP contribution is -2.25. The summed E-state index contributed by atoms with van der Waals surface area (Å²) in [7, 11) is 0. The third kappa shape index (κ3) is 4.08. The van der Waals surface area contributed by atoms with Gasteiger partial charge in [-0.1, -0.05) is 0 Å². The largest absolute Gasteiger partial charge is 0.370 e. The second-order valence-corrected chi connectivity index (χ2v) is 2.80. The highest BCUT2D eigenvalue weighted by atomic mass is 19.1. The van der Waals surface area contributed by atoms with E-state index in [9.17, 15) is 9.18 Å². The maximum atomic E-state index is 12.5. The maximum absolute atomic E-state index is 12.5. The molecule has 0 heterocycles. The topological polar surface area (TPSA) is 93.5 Å². The van der Waals surface area contributed by atoms with E-state index >= 15 is 0 Å². The summed E-state index contributed by atoms with van der Waals surface area (Å²) >= 11 is 0. The number of aliphatic imine (C=N–C) groups is 1. The molecule has 0 bridgehead atoms. The SMILES string of the molecule is NC(N)=NCC(=O)Nc1ccc(F)cc1. The number of rotatable bonds is 3. The number of hydrogen-bond donors (Lipinski definition) is 3. The molecular weight excluding hydrogens is 199 g/mol. The first-order chi connectivity index (χ1) is 7.08. The second kappa shape index (κ2) is 4.94. The van der Waals surface area contributed by atoms with Crippen LogP contribution in [0.2, 0.25) is 0 Å². The fourth-order valence-electron chi connectivity index (χ4n) is 0.897. The number of nitrogens with zero attached hydrogens (tertiary/aromatic N) is 1. The molecule has 0 spiro atoms. The summed E-state index contributed by atoms with van der Waals surface area (Å²) in [6.07, 6.45) is 0. The minimum Gasteiger partial charge on any atom is -0.370 e. The van der Waals surface area contributed by atoms with Gasteiger partial charge in [0, 0.05) is 5.69 Å². The van der Waals surface area contributed by atoms with Crippen LogP contribution in [0.15, 0.2) is 29.3 Å². The predicted molar refractivity (Wildman–Crippen MR) is 55.7 cm³/mol. The Morgan fingerprint density at radius 3 is 2.47 bits per heavy atom. The van der Waals surface area contributed by atoms with Gasteiger partial charge in [-0.05, 0) is 24.3 Å². The van der Waals surface area contributed by atoms with Crippen molar-refractivity contribution in [1.29, 1.82) is 0 Å². The van der Waals surface area contributed by atoms with Crippen LogP contribution in [0.3, 0.4) is 0 Å². The number of halogens is 1. The van der Waals surface area contributed by atoms with E-state index in [2.05, 4.69) is 10.3 Å². The summed E-state index contributed by atoms with van der Waals surface area (Å²) in [6.45, 7) is -0.153. The summed E-state index contributed by atoms with van der Waals surface area (Å²) in [5.74, 6) is -0.878. The average molecular weight is 210 g/mol. The number of nitrogens with two attached hydrogens (primary N) is 2. The van der Waals surface area contributed by atoms with Gasteiger partial charge in [-0.15, -0.1) is 0 Å². The molecule has 0 unspecified atom stereocenters. The van der Waals surface area contributed by atoms with Crippen LogP contribution in [0.4, 0.5) is 10.1 Å². The van der Waals surface area contributed by atoms with E-state index in [1.807, 2.05) is 0 Å². The minimum absolute atomic E-state index is 0.149. The Kier molecular flexibility index (Phi) is 3.61. The van der Waals surface area contributed by atoms with Gasteiger partial charge in [0.1, 0.15) is 12.4 Å².